The summed E-state index contributed by atoms with van der Waals surface area (Å²) in [5, 5.41) is 2.53. The number of rotatable bonds is 7. The van der Waals surface area contributed by atoms with Crippen LogP contribution in [-0.4, -0.2) is 45.3 Å². The molecule has 0 heterocycles. The van der Waals surface area contributed by atoms with Crippen LogP contribution >= 0.6 is 15.9 Å². The fourth-order valence-corrected chi connectivity index (χ4v) is 3.87. The average Bonchev–Trinajstić information content (AvgIpc) is 2.66. The fraction of sp³-hybridized carbons (Fsp3) is 0.200. The molecule has 0 atom stereocenters. The summed E-state index contributed by atoms with van der Waals surface area (Å²) in [4.78, 5) is 23.9. The second-order valence-corrected chi connectivity index (χ2v) is 9.35. The highest BCUT2D eigenvalue weighted by Crippen LogP contribution is 2.22. The number of carbonyl (C=O) groups is 2. The topological polar surface area (TPSA) is 92.8 Å². The Morgan fingerprint density at radius 2 is 1.90 bits per heavy atom. The zero-order valence-electron chi connectivity index (χ0n) is 16.2. The third-order valence-corrected chi connectivity index (χ3v) is 6.29. The summed E-state index contributed by atoms with van der Waals surface area (Å²) in [5.41, 5.74) is 1.65. The van der Waals surface area contributed by atoms with Crippen molar-refractivity contribution in [3.63, 3.8) is 0 Å². The number of nitrogens with zero attached hydrogens (tertiary/aromatic N) is 1. The van der Waals surface area contributed by atoms with Gasteiger partial charge in [0.1, 0.15) is 0 Å². The Morgan fingerprint density at radius 1 is 1.17 bits per heavy atom. The van der Waals surface area contributed by atoms with Crippen LogP contribution in [0.25, 0.3) is 6.08 Å². The number of nitrogens with one attached hydrogen (secondary N) is 1. The van der Waals surface area contributed by atoms with Crippen molar-refractivity contribution in [2.24, 2.45) is 0 Å². The number of sulfonamides is 1. The van der Waals surface area contributed by atoms with Crippen molar-refractivity contribution in [3.05, 3.63) is 64.1 Å². The van der Waals surface area contributed by atoms with Gasteiger partial charge in [-0.15, -0.1) is 0 Å². The summed E-state index contributed by atoms with van der Waals surface area (Å²) in [5.74, 6) is -1.24. The summed E-state index contributed by atoms with van der Waals surface area (Å²) in [6.45, 7) is 1.17. The Bertz CT molecular complexity index is 1050. The number of hydrogen-bond acceptors (Lipinski definition) is 5. The molecule has 1 amide bonds. The van der Waals surface area contributed by atoms with E-state index in [2.05, 4.69) is 21.2 Å². The van der Waals surface area contributed by atoms with Crippen molar-refractivity contribution in [3.8, 4) is 0 Å². The number of anilines is 1. The molecule has 0 saturated carbocycles. The zero-order valence-corrected chi connectivity index (χ0v) is 18.6. The molecule has 0 radical (unpaired) electrons. The molecule has 7 nitrogen and oxygen atoms in total. The summed E-state index contributed by atoms with van der Waals surface area (Å²) in [6, 6.07) is 11.9. The van der Waals surface area contributed by atoms with E-state index in [0.717, 1.165) is 14.3 Å². The van der Waals surface area contributed by atoms with Crippen molar-refractivity contribution in [1.82, 2.24) is 4.31 Å². The number of carbonyl (C=O) groups excluding carboxylic acids is 2. The van der Waals surface area contributed by atoms with Gasteiger partial charge in [-0.1, -0.05) is 34.1 Å². The standard InChI is InChI=1S/C20H21BrN2O5S/c1-14-7-9-17(12-18(14)29(26,27)23(2)3)22-19(24)13-28-20(25)10-8-15-5-4-6-16(21)11-15/h4-12H,13H2,1-3H3,(H,22,24). The maximum atomic E-state index is 12.3. The second kappa shape index (κ2) is 9.82. The Hall–Kier alpha value is -2.49. The molecule has 9 heteroatoms. The van der Waals surface area contributed by atoms with Crippen LogP contribution in [0.3, 0.4) is 0 Å². The largest absolute Gasteiger partial charge is 0.452 e. The first-order valence-electron chi connectivity index (χ1n) is 8.53. The molecule has 0 aliphatic carbocycles. The third kappa shape index (κ3) is 6.52. The van der Waals surface area contributed by atoms with E-state index in [1.165, 1.54) is 26.2 Å². The first-order chi connectivity index (χ1) is 13.6. The molecule has 0 aliphatic rings. The van der Waals surface area contributed by atoms with E-state index in [-0.39, 0.29) is 4.90 Å². The molecule has 0 fully saturated rings. The van der Waals surface area contributed by atoms with Crippen LogP contribution in [0.15, 0.2) is 57.9 Å². The molecule has 0 aliphatic heterocycles. The van der Waals surface area contributed by atoms with Gasteiger partial charge in [0.05, 0.1) is 4.90 Å². The van der Waals surface area contributed by atoms with Crippen LogP contribution in [0.4, 0.5) is 5.69 Å². The molecule has 154 valence electrons. The molecule has 29 heavy (non-hydrogen) atoms. The Morgan fingerprint density at radius 3 is 2.55 bits per heavy atom. The minimum Gasteiger partial charge on any atom is -0.452 e. The monoisotopic (exact) mass is 480 g/mol. The lowest BCUT2D eigenvalue weighted by molar-refractivity contribution is -0.142. The predicted molar refractivity (Wildman–Crippen MR) is 115 cm³/mol. The van der Waals surface area contributed by atoms with Gasteiger partial charge in [0.15, 0.2) is 6.61 Å². The van der Waals surface area contributed by atoms with E-state index in [0.29, 0.717) is 11.3 Å². The van der Waals surface area contributed by atoms with Gasteiger partial charge in [0, 0.05) is 30.3 Å². The molecule has 2 rings (SSSR count). The van der Waals surface area contributed by atoms with E-state index < -0.39 is 28.5 Å². The zero-order chi connectivity index (χ0) is 21.6. The Labute approximate surface area is 178 Å². The lowest BCUT2D eigenvalue weighted by Gasteiger charge is -2.15. The van der Waals surface area contributed by atoms with E-state index in [9.17, 15) is 18.0 Å². The Balaban J connectivity index is 1.96. The van der Waals surface area contributed by atoms with E-state index in [1.54, 1.807) is 25.1 Å². The normalized spacial score (nSPS) is 11.6. The Kier molecular flexibility index (Phi) is 7.72. The molecule has 0 spiro atoms. The number of esters is 1. The van der Waals surface area contributed by atoms with Crippen molar-refractivity contribution in [2.45, 2.75) is 11.8 Å². The second-order valence-electron chi connectivity index (χ2n) is 6.31. The summed E-state index contributed by atoms with van der Waals surface area (Å²) in [7, 11) is -0.781. The van der Waals surface area contributed by atoms with Crippen molar-refractivity contribution >= 4 is 49.6 Å². The van der Waals surface area contributed by atoms with Gasteiger partial charge in [0.25, 0.3) is 5.91 Å². The molecule has 2 aromatic carbocycles. The van der Waals surface area contributed by atoms with Crippen LogP contribution in [0.2, 0.25) is 0 Å². The quantitative estimate of drug-likeness (QED) is 0.485. The van der Waals surface area contributed by atoms with Crippen LogP contribution in [0.5, 0.6) is 0 Å². The fourth-order valence-electron chi connectivity index (χ4n) is 2.31. The number of halogens is 1. The minimum atomic E-state index is -3.64. The maximum absolute atomic E-state index is 12.3. The van der Waals surface area contributed by atoms with Gasteiger partial charge in [-0.05, 0) is 48.4 Å². The lowest BCUT2D eigenvalue weighted by atomic mass is 10.2. The molecular formula is C20H21BrN2O5S. The summed E-state index contributed by atoms with van der Waals surface area (Å²) >= 11 is 3.34. The van der Waals surface area contributed by atoms with E-state index >= 15 is 0 Å². The first-order valence-corrected chi connectivity index (χ1v) is 10.8. The summed E-state index contributed by atoms with van der Waals surface area (Å²) in [6.07, 6.45) is 2.80. The molecular weight excluding hydrogens is 460 g/mol. The highest BCUT2D eigenvalue weighted by Gasteiger charge is 2.20. The number of hydrogen-bond donors (Lipinski definition) is 1. The van der Waals surface area contributed by atoms with Gasteiger partial charge in [-0.25, -0.2) is 17.5 Å². The third-order valence-electron chi connectivity index (χ3n) is 3.84. The minimum absolute atomic E-state index is 0.0919. The SMILES string of the molecule is Cc1ccc(NC(=O)COC(=O)C=Cc2cccc(Br)c2)cc1S(=O)(=O)N(C)C. The van der Waals surface area contributed by atoms with Gasteiger partial charge in [-0.2, -0.15) is 0 Å². The number of benzene rings is 2. The molecule has 2 aromatic rings. The molecule has 0 saturated heterocycles. The van der Waals surface area contributed by atoms with Gasteiger partial charge in [-0.3, -0.25) is 4.79 Å². The highest BCUT2D eigenvalue weighted by molar-refractivity contribution is 9.10. The number of amides is 1. The van der Waals surface area contributed by atoms with Crippen LogP contribution in [-0.2, 0) is 24.3 Å². The van der Waals surface area contributed by atoms with Crippen LogP contribution in [0.1, 0.15) is 11.1 Å². The molecule has 0 unspecified atom stereocenters. The van der Waals surface area contributed by atoms with Gasteiger partial charge in [0.2, 0.25) is 10.0 Å². The number of ether oxygens (including phenoxy) is 1. The maximum Gasteiger partial charge on any atom is 0.331 e. The smallest absolute Gasteiger partial charge is 0.331 e. The van der Waals surface area contributed by atoms with E-state index in [1.807, 2.05) is 24.3 Å². The molecule has 0 aromatic heterocycles. The van der Waals surface area contributed by atoms with Crippen molar-refractivity contribution in [2.75, 3.05) is 26.0 Å². The molecule has 0 bridgehead atoms. The van der Waals surface area contributed by atoms with E-state index in [4.69, 9.17) is 4.74 Å². The van der Waals surface area contributed by atoms with Gasteiger partial charge >= 0.3 is 5.97 Å². The highest BCUT2D eigenvalue weighted by atomic mass is 79.9. The summed E-state index contributed by atoms with van der Waals surface area (Å²) < 4.78 is 31.6. The van der Waals surface area contributed by atoms with Crippen LogP contribution in [0, 0.1) is 6.92 Å². The molecule has 1 N–H and O–H groups in total. The van der Waals surface area contributed by atoms with Crippen LogP contribution < -0.4 is 5.32 Å². The van der Waals surface area contributed by atoms with Crippen molar-refractivity contribution in [1.29, 1.82) is 0 Å². The lowest BCUT2D eigenvalue weighted by Crippen LogP contribution is -2.24. The average molecular weight is 481 g/mol. The van der Waals surface area contributed by atoms with Gasteiger partial charge < -0.3 is 10.1 Å². The predicted octanol–water partition coefficient (Wildman–Crippen LogP) is 3.20. The van der Waals surface area contributed by atoms with Crippen molar-refractivity contribution < 1.29 is 22.7 Å². The number of aryl methyl sites for hydroxylation is 1. The first kappa shape index (κ1) is 22.8.